The fourth-order valence-electron chi connectivity index (χ4n) is 3.24. The van der Waals surface area contributed by atoms with Crippen LogP contribution in [0, 0.1) is 5.92 Å². The second-order valence-corrected chi connectivity index (χ2v) is 7.23. The van der Waals surface area contributed by atoms with E-state index in [0.717, 1.165) is 52.0 Å². The summed E-state index contributed by atoms with van der Waals surface area (Å²) in [6, 6.07) is 2.64. The van der Waals surface area contributed by atoms with E-state index in [1.807, 2.05) is 11.3 Å². The van der Waals surface area contributed by atoms with Gasteiger partial charge in [0.05, 0.1) is 5.92 Å². The molecule has 2 N–H and O–H groups in total. The highest BCUT2D eigenvalue weighted by Crippen LogP contribution is 2.25. The Hall–Kier alpha value is -0.910. The molecule has 2 aliphatic heterocycles. The molecule has 5 heteroatoms. The zero-order chi connectivity index (χ0) is 14.7. The molecule has 21 heavy (non-hydrogen) atoms. The normalized spacial score (nSPS) is 24.3. The average molecular weight is 307 g/mol. The Labute approximate surface area is 130 Å². The number of nitrogens with one attached hydrogen (secondary N) is 2. The van der Waals surface area contributed by atoms with Crippen LogP contribution >= 0.6 is 11.3 Å². The number of fused-ring (bicyclic) bond motifs is 1. The summed E-state index contributed by atoms with van der Waals surface area (Å²) in [5, 5.41) is 8.65. The van der Waals surface area contributed by atoms with Crippen molar-refractivity contribution in [2.75, 3.05) is 26.2 Å². The molecule has 1 aromatic heterocycles. The predicted octanol–water partition coefficient (Wildman–Crippen LogP) is 1.61. The molecule has 1 saturated heterocycles. The van der Waals surface area contributed by atoms with E-state index in [0.29, 0.717) is 6.04 Å². The Kier molecular flexibility index (Phi) is 4.93. The van der Waals surface area contributed by atoms with Crippen molar-refractivity contribution in [1.82, 2.24) is 15.5 Å². The summed E-state index contributed by atoms with van der Waals surface area (Å²) in [6.07, 6.45) is 3.29. The van der Waals surface area contributed by atoms with Gasteiger partial charge in [-0.25, -0.2) is 0 Å². The van der Waals surface area contributed by atoms with Gasteiger partial charge in [-0.1, -0.05) is 0 Å². The van der Waals surface area contributed by atoms with Gasteiger partial charge in [0.15, 0.2) is 0 Å². The number of hydrogen-bond acceptors (Lipinski definition) is 4. The monoisotopic (exact) mass is 307 g/mol. The summed E-state index contributed by atoms with van der Waals surface area (Å²) in [5.74, 6) is 0.387. The predicted molar refractivity (Wildman–Crippen MR) is 86.5 cm³/mol. The number of thiophene rings is 1. The van der Waals surface area contributed by atoms with Crippen molar-refractivity contribution >= 4 is 17.2 Å². The van der Waals surface area contributed by atoms with Gasteiger partial charge in [-0.2, -0.15) is 0 Å². The van der Waals surface area contributed by atoms with Gasteiger partial charge in [0, 0.05) is 37.1 Å². The zero-order valence-corrected chi connectivity index (χ0v) is 13.5. The number of rotatable bonds is 4. The third kappa shape index (κ3) is 3.65. The van der Waals surface area contributed by atoms with Crippen LogP contribution < -0.4 is 10.6 Å². The second kappa shape index (κ2) is 6.90. The molecule has 2 aliphatic rings. The first-order chi connectivity index (χ1) is 10.2. The van der Waals surface area contributed by atoms with E-state index >= 15 is 0 Å². The number of carbonyl (C=O) groups excluding carboxylic acids is 1. The van der Waals surface area contributed by atoms with E-state index < -0.39 is 0 Å². The third-order valence-corrected chi connectivity index (χ3v) is 5.72. The highest BCUT2D eigenvalue weighted by Gasteiger charge is 2.24. The van der Waals surface area contributed by atoms with Gasteiger partial charge in [0.25, 0.3) is 0 Å². The first-order valence-corrected chi connectivity index (χ1v) is 8.89. The van der Waals surface area contributed by atoms with E-state index in [-0.39, 0.29) is 11.8 Å². The number of nitrogens with zero attached hydrogens (tertiary/aromatic N) is 1. The lowest BCUT2D eigenvalue weighted by atomic mass is 9.99. The fraction of sp³-hybridized carbons (Fsp3) is 0.688. The van der Waals surface area contributed by atoms with Gasteiger partial charge in [-0.15, -0.1) is 11.3 Å². The Balaban J connectivity index is 1.46. The summed E-state index contributed by atoms with van der Waals surface area (Å²) < 4.78 is 0. The summed E-state index contributed by atoms with van der Waals surface area (Å²) in [4.78, 5) is 16.2. The van der Waals surface area contributed by atoms with Crippen molar-refractivity contribution < 1.29 is 4.79 Å². The van der Waals surface area contributed by atoms with E-state index in [1.165, 1.54) is 10.4 Å². The molecular weight excluding hydrogens is 282 g/mol. The topological polar surface area (TPSA) is 44.4 Å². The average Bonchev–Trinajstić information content (AvgIpc) is 3.00. The molecule has 0 saturated carbocycles. The van der Waals surface area contributed by atoms with E-state index in [4.69, 9.17) is 0 Å². The molecule has 3 heterocycles. The van der Waals surface area contributed by atoms with Crippen molar-refractivity contribution in [3.8, 4) is 0 Å². The number of piperidine rings is 1. The minimum atomic E-state index is 0.163. The van der Waals surface area contributed by atoms with E-state index in [9.17, 15) is 4.79 Å². The van der Waals surface area contributed by atoms with Crippen LogP contribution in [0.3, 0.4) is 0 Å². The third-order valence-electron chi connectivity index (χ3n) is 4.70. The second-order valence-electron chi connectivity index (χ2n) is 6.23. The molecule has 0 spiro atoms. The van der Waals surface area contributed by atoms with Gasteiger partial charge in [-0.3, -0.25) is 9.69 Å². The zero-order valence-electron chi connectivity index (χ0n) is 12.7. The molecule has 3 rings (SSSR count). The van der Waals surface area contributed by atoms with Crippen molar-refractivity contribution in [2.24, 2.45) is 5.92 Å². The van der Waals surface area contributed by atoms with Crippen molar-refractivity contribution in [3.05, 3.63) is 21.9 Å². The minimum absolute atomic E-state index is 0.163. The standard InChI is InChI=1S/C16H25N3OS/c1-12(9-18-16(20)13-3-2-6-17-10-13)19-7-4-15-14(11-19)5-8-21-15/h5,8,12-13,17H,2-4,6-7,9-11H2,1H3,(H,18,20). The van der Waals surface area contributed by atoms with Crippen LogP contribution in [0.1, 0.15) is 30.2 Å². The van der Waals surface area contributed by atoms with Crippen molar-refractivity contribution in [2.45, 2.75) is 38.8 Å². The van der Waals surface area contributed by atoms with Crippen LogP contribution in [-0.4, -0.2) is 43.0 Å². The lowest BCUT2D eigenvalue weighted by molar-refractivity contribution is -0.125. The first-order valence-electron chi connectivity index (χ1n) is 8.02. The van der Waals surface area contributed by atoms with Crippen LogP contribution in [0.4, 0.5) is 0 Å². The van der Waals surface area contributed by atoms with Crippen LogP contribution in [0.15, 0.2) is 11.4 Å². The number of amides is 1. The van der Waals surface area contributed by atoms with E-state index in [2.05, 4.69) is 33.9 Å². The molecular formula is C16H25N3OS. The number of hydrogen-bond donors (Lipinski definition) is 2. The summed E-state index contributed by atoms with van der Waals surface area (Å²) >= 11 is 1.87. The van der Waals surface area contributed by atoms with Gasteiger partial charge in [0.1, 0.15) is 0 Å². The van der Waals surface area contributed by atoms with Gasteiger partial charge < -0.3 is 10.6 Å². The van der Waals surface area contributed by atoms with Crippen LogP contribution in [0.25, 0.3) is 0 Å². The van der Waals surface area contributed by atoms with Crippen LogP contribution in [0.2, 0.25) is 0 Å². The molecule has 2 unspecified atom stereocenters. The first kappa shape index (κ1) is 15.0. The molecule has 116 valence electrons. The molecule has 0 bridgehead atoms. The van der Waals surface area contributed by atoms with Gasteiger partial charge in [-0.05, 0) is 49.7 Å². The highest BCUT2D eigenvalue weighted by atomic mass is 32.1. The Bertz CT molecular complexity index is 482. The quantitative estimate of drug-likeness (QED) is 0.888. The minimum Gasteiger partial charge on any atom is -0.354 e. The Morgan fingerprint density at radius 1 is 1.62 bits per heavy atom. The van der Waals surface area contributed by atoms with Crippen molar-refractivity contribution in [1.29, 1.82) is 0 Å². The van der Waals surface area contributed by atoms with Crippen LogP contribution in [0.5, 0.6) is 0 Å². The molecule has 1 amide bonds. The molecule has 0 aliphatic carbocycles. The maximum Gasteiger partial charge on any atom is 0.224 e. The molecule has 2 atom stereocenters. The Morgan fingerprint density at radius 2 is 2.52 bits per heavy atom. The summed E-state index contributed by atoms with van der Waals surface area (Å²) in [6.45, 7) is 7.00. The lowest BCUT2D eigenvalue weighted by Gasteiger charge is -2.33. The van der Waals surface area contributed by atoms with Gasteiger partial charge >= 0.3 is 0 Å². The lowest BCUT2D eigenvalue weighted by Crippen LogP contribution is -2.47. The molecule has 0 radical (unpaired) electrons. The summed E-state index contributed by atoms with van der Waals surface area (Å²) in [7, 11) is 0. The maximum atomic E-state index is 12.2. The highest BCUT2D eigenvalue weighted by molar-refractivity contribution is 7.10. The number of carbonyl (C=O) groups is 1. The molecule has 1 fully saturated rings. The smallest absolute Gasteiger partial charge is 0.224 e. The largest absolute Gasteiger partial charge is 0.354 e. The Morgan fingerprint density at radius 3 is 3.33 bits per heavy atom. The molecule has 1 aromatic rings. The van der Waals surface area contributed by atoms with Crippen molar-refractivity contribution in [3.63, 3.8) is 0 Å². The molecule has 4 nitrogen and oxygen atoms in total. The van der Waals surface area contributed by atoms with Crippen LogP contribution in [-0.2, 0) is 17.8 Å². The van der Waals surface area contributed by atoms with E-state index in [1.54, 1.807) is 0 Å². The molecule has 0 aromatic carbocycles. The summed E-state index contributed by atoms with van der Waals surface area (Å²) in [5.41, 5.74) is 1.47. The fourth-order valence-corrected chi connectivity index (χ4v) is 4.13. The maximum absolute atomic E-state index is 12.2. The van der Waals surface area contributed by atoms with Gasteiger partial charge in [0.2, 0.25) is 5.91 Å². The SMILES string of the molecule is CC(CNC(=O)C1CCCNC1)N1CCc2sccc2C1.